The molecule has 0 aliphatic carbocycles. The van der Waals surface area contributed by atoms with E-state index in [1.165, 1.54) is 0 Å². The first kappa shape index (κ1) is 58.0. The molecular weight excluding hydrogens is 1190 g/mol. The monoisotopic (exact) mass is 1250 g/mol. The van der Waals surface area contributed by atoms with Gasteiger partial charge in [0.05, 0.1) is 51.9 Å². The minimum atomic E-state index is 0.407. The summed E-state index contributed by atoms with van der Waals surface area (Å²) in [5.41, 5.74) is 23.5. The van der Waals surface area contributed by atoms with Gasteiger partial charge in [0, 0.05) is 49.6 Å². The molecule has 0 bridgehead atoms. The van der Waals surface area contributed by atoms with Crippen LogP contribution in [0.25, 0.3) is 172 Å². The highest BCUT2D eigenvalue weighted by Gasteiger charge is 2.23. The fourth-order valence-electron chi connectivity index (χ4n) is 13.9. The van der Waals surface area contributed by atoms with Crippen molar-refractivity contribution in [1.29, 1.82) is 10.5 Å². The Balaban J connectivity index is 0.939. The van der Waals surface area contributed by atoms with E-state index in [1.807, 2.05) is 121 Å². The van der Waals surface area contributed by atoms with E-state index in [-0.39, 0.29) is 0 Å². The van der Waals surface area contributed by atoms with Crippen LogP contribution in [0, 0.1) is 29.2 Å². The van der Waals surface area contributed by atoms with Crippen LogP contribution in [-0.4, -0.2) is 24.1 Å². The van der Waals surface area contributed by atoms with Crippen molar-refractivity contribution in [1.82, 2.24) is 24.1 Å². The van der Waals surface area contributed by atoms with Crippen molar-refractivity contribution in [2.45, 2.75) is 0 Å². The summed E-state index contributed by atoms with van der Waals surface area (Å²) in [5, 5.41) is 25.0. The molecule has 8 nitrogen and oxygen atoms in total. The van der Waals surface area contributed by atoms with Crippen molar-refractivity contribution in [3.05, 3.63) is 350 Å². The van der Waals surface area contributed by atoms with Crippen LogP contribution in [0.3, 0.4) is 0 Å². The second-order valence-corrected chi connectivity index (χ2v) is 24.5. The normalized spacial score (nSPS) is 11.2. The van der Waals surface area contributed by atoms with Gasteiger partial charge in [-0.25, -0.2) is 19.8 Å². The van der Waals surface area contributed by atoms with Gasteiger partial charge in [-0.2, -0.15) is 10.5 Å². The van der Waals surface area contributed by atoms with E-state index in [0.717, 1.165) is 138 Å². The molecule has 0 aliphatic rings. The Kier molecular flexibility index (Phi) is 14.5. The zero-order valence-electron chi connectivity index (χ0n) is 52.8. The lowest BCUT2D eigenvalue weighted by atomic mass is 9.97. The number of hydrogen-bond acceptors (Lipinski definition) is 5. The maximum Gasteiger partial charge on any atom is 0.187 e. The lowest BCUT2D eigenvalue weighted by Crippen LogP contribution is -2.03. The number of nitriles is 2. The van der Waals surface area contributed by atoms with Gasteiger partial charge in [0.2, 0.25) is 0 Å². The molecule has 0 unspecified atom stereocenters. The molecule has 0 amide bonds. The number of aromatic nitrogens is 5. The van der Waals surface area contributed by atoms with Gasteiger partial charge < -0.3 is 9.13 Å². The van der Waals surface area contributed by atoms with Crippen molar-refractivity contribution in [2.24, 2.45) is 0 Å². The molecule has 0 aliphatic heterocycles. The molecule has 0 saturated carbocycles. The van der Waals surface area contributed by atoms with Crippen LogP contribution >= 0.6 is 0 Å². The van der Waals surface area contributed by atoms with Gasteiger partial charge in [0.25, 0.3) is 0 Å². The first-order valence-corrected chi connectivity index (χ1v) is 32.4. The summed E-state index contributed by atoms with van der Waals surface area (Å²) in [6, 6.07) is 118. The summed E-state index contributed by atoms with van der Waals surface area (Å²) in [6.45, 7) is 8.16. The fraction of sp³-hybridized carbons (Fsp3) is 0. The summed E-state index contributed by atoms with van der Waals surface area (Å²) in [5.74, 6) is 1.23. The molecule has 17 rings (SSSR count). The number of hydrogen-bond donors (Lipinski definition) is 0. The smallest absolute Gasteiger partial charge is 0.187 e. The van der Waals surface area contributed by atoms with Crippen LogP contribution in [0.2, 0.25) is 0 Å². The first-order chi connectivity index (χ1) is 48.4. The molecule has 0 radical (unpaired) electrons. The Morgan fingerprint density at radius 1 is 0.255 bits per heavy atom. The summed E-state index contributed by atoms with van der Waals surface area (Å²) >= 11 is 0. The highest BCUT2D eigenvalue weighted by atomic mass is 15.0. The average molecular weight is 1250 g/mol. The quantitative estimate of drug-likeness (QED) is 0.113. The Bertz CT molecular complexity index is 5630. The lowest BCUT2D eigenvalue weighted by molar-refractivity contribution is 1.07. The second kappa shape index (κ2) is 24.6. The van der Waals surface area contributed by atoms with Crippen LogP contribution in [0.15, 0.2) is 328 Å². The number of nitrogens with zero attached hydrogens (tertiary/aromatic N) is 8. The van der Waals surface area contributed by atoms with Crippen LogP contribution in [0.1, 0.15) is 11.1 Å². The molecule has 454 valence electrons. The molecule has 3 aromatic heterocycles. The minimum Gasteiger partial charge on any atom is -0.309 e. The SMILES string of the molecule is [C-]#[N+]c1cccc(-c2cc(-c3nc(-c4cc(-c5cccc(C#N)c5)cc(-n5c6ccc(-c7ccccc7)cc6c6cc(-c7ccccc7)ccc65)c4)nc(-c4ccccc4-c4cccc(C#N)c4)n3)cc(-n3c4ccc(-c5ccccc5)cc4c4cc(-c5ccccc5)ccc43)c2)c1. The van der Waals surface area contributed by atoms with E-state index >= 15 is 0 Å². The van der Waals surface area contributed by atoms with Gasteiger partial charge in [-0.05, 0) is 193 Å². The predicted molar refractivity (Wildman–Crippen MR) is 399 cm³/mol. The molecule has 8 heteroatoms. The van der Waals surface area contributed by atoms with E-state index in [0.29, 0.717) is 45.4 Å². The molecule has 3 heterocycles. The summed E-state index contributed by atoms with van der Waals surface area (Å²) in [6.07, 6.45) is 0. The fourth-order valence-corrected chi connectivity index (χ4v) is 13.9. The number of benzene rings is 14. The van der Waals surface area contributed by atoms with Crippen LogP contribution in [0.5, 0.6) is 0 Å². The van der Waals surface area contributed by atoms with E-state index in [9.17, 15) is 10.5 Å². The first-order valence-electron chi connectivity index (χ1n) is 32.4. The Morgan fingerprint density at radius 3 is 0.990 bits per heavy atom. The van der Waals surface area contributed by atoms with Gasteiger partial charge in [-0.3, -0.25) is 0 Å². The van der Waals surface area contributed by atoms with Gasteiger partial charge >= 0.3 is 0 Å². The zero-order valence-corrected chi connectivity index (χ0v) is 52.8. The van der Waals surface area contributed by atoms with Gasteiger partial charge in [-0.1, -0.05) is 212 Å². The standard InChI is InChI=1S/C90H54N8/c1-93-75-32-18-30-65(47-75)72-46-74(51-77(49-72)98-86-41-37-68(62-25-10-4-11-26-62)54-82(86)83-55-69(38-42-87(83)98)63-27-12-5-13-28-63)89-94-88(95-90(96-89)79-34-15-14-33-78(79)70-31-17-20-59(44-70)57-92)73-45-71(64-29-16-19-58(43-64)56-91)48-76(50-73)97-84-39-35-66(60-21-6-2-7-22-60)52-80(84)81-53-67(36-40-85(81)97)61-23-8-3-9-24-61/h2-55H. The molecule has 98 heavy (non-hydrogen) atoms. The lowest BCUT2D eigenvalue weighted by Gasteiger charge is -2.17. The third-order valence-corrected chi connectivity index (χ3v) is 18.6. The highest BCUT2D eigenvalue weighted by Crippen LogP contribution is 2.44. The van der Waals surface area contributed by atoms with Crippen LogP contribution in [0.4, 0.5) is 5.69 Å². The molecule has 0 N–H and O–H groups in total. The molecule has 0 saturated heterocycles. The highest BCUT2D eigenvalue weighted by molar-refractivity contribution is 6.13. The van der Waals surface area contributed by atoms with E-state index in [1.54, 1.807) is 0 Å². The second-order valence-electron chi connectivity index (χ2n) is 24.5. The third-order valence-electron chi connectivity index (χ3n) is 18.6. The van der Waals surface area contributed by atoms with E-state index < -0.39 is 0 Å². The molecule has 0 fully saturated rings. The van der Waals surface area contributed by atoms with Gasteiger partial charge in [0.15, 0.2) is 23.2 Å². The topological polar surface area (TPSA) is 100 Å². The molecule has 0 atom stereocenters. The van der Waals surface area contributed by atoms with Gasteiger partial charge in [-0.15, -0.1) is 0 Å². The Morgan fingerprint density at radius 2 is 0.582 bits per heavy atom. The summed E-state index contributed by atoms with van der Waals surface area (Å²) in [7, 11) is 0. The number of rotatable bonds is 12. The van der Waals surface area contributed by atoms with Crippen molar-refractivity contribution in [3.63, 3.8) is 0 Å². The summed E-state index contributed by atoms with van der Waals surface area (Å²) in [4.78, 5) is 20.7. The van der Waals surface area contributed by atoms with Crippen molar-refractivity contribution in [3.8, 4) is 136 Å². The van der Waals surface area contributed by atoms with Crippen molar-refractivity contribution >= 4 is 49.3 Å². The minimum absolute atomic E-state index is 0.407. The van der Waals surface area contributed by atoms with Crippen molar-refractivity contribution in [2.75, 3.05) is 0 Å². The zero-order chi connectivity index (χ0) is 65.6. The Hall–Kier alpha value is -13.8. The van der Waals surface area contributed by atoms with Crippen LogP contribution in [-0.2, 0) is 0 Å². The van der Waals surface area contributed by atoms with Gasteiger partial charge in [0.1, 0.15) is 0 Å². The van der Waals surface area contributed by atoms with E-state index in [4.69, 9.17) is 21.5 Å². The largest absolute Gasteiger partial charge is 0.309 e. The third kappa shape index (κ3) is 10.7. The molecule has 14 aromatic carbocycles. The molecule has 17 aromatic rings. The molecular formula is C90H54N8. The Labute approximate surface area is 566 Å². The predicted octanol–water partition coefficient (Wildman–Crippen LogP) is 23.0. The van der Waals surface area contributed by atoms with Crippen molar-refractivity contribution < 1.29 is 0 Å². The maximum atomic E-state index is 10.4. The average Bonchev–Trinajstić information content (AvgIpc) is 1.60. The van der Waals surface area contributed by atoms with E-state index in [2.05, 4.69) is 232 Å². The molecule has 0 spiro atoms. The van der Waals surface area contributed by atoms with Crippen LogP contribution < -0.4 is 0 Å². The number of fused-ring (bicyclic) bond motifs is 6. The summed E-state index contributed by atoms with van der Waals surface area (Å²) < 4.78 is 4.67. The maximum absolute atomic E-state index is 10.4.